The van der Waals surface area contributed by atoms with Gasteiger partial charge in [0.2, 0.25) is 0 Å². The van der Waals surface area contributed by atoms with Crippen molar-refractivity contribution in [2.24, 2.45) is 5.41 Å². The Morgan fingerprint density at radius 2 is 1.73 bits per heavy atom. The fourth-order valence-corrected chi connectivity index (χ4v) is 5.08. The molecule has 10 nitrogen and oxygen atoms in total. The molecule has 0 radical (unpaired) electrons. The Kier molecular flexibility index (Phi) is 13.8. The number of thiazole rings is 1. The average molecular weight is 685 g/mol. The van der Waals surface area contributed by atoms with Crippen LogP contribution in [0.25, 0.3) is 21.5 Å². The van der Waals surface area contributed by atoms with Gasteiger partial charge in [-0.3, -0.25) is 9.78 Å². The molecule has 4 rings (SSSR count). The zero-order chi connectivity index (χ0) is 36.1. The fourth-order valence-electron chi connectivity index (χ4n) is 4.32. The van der Waals surface area contributed by atoms with Gasteiger partial charge in [0, 0.05) is 41.2 Å². The highest BCUT2D eigenvalue weighted by molar-refractivity contribution is 7.13. The van der Waals surface area contributed by atoms with E-state index in [9.17, 15) is 4.79 Å². The van der Waals surface area contributed by atoms with Crippen LogP contribution < -0.4 is 26.0 Å². The van der Waals surface area contributed by atoms with Gasteiger partial charge >= 0.3 is 0 Å². The summed E-state index contributed by atoms with van der Waals surface area (Å²) in [6, 6.07) is 15.4. The van der Waals surface area contributed by atoms with Crippen LogP contribution >= 0.6 is 11.3 Å². The Balaban J connectivity index is 0.00000319. The smallest absolute Gasteiger partial charge is 0.270 e. The van der Waals surface area contributed by atoms with Crippen molar-refractivity contribution < 1.29 is 19.0 Å². The summed E-state index contributed by atoms with van der Waals surface area (Å²) in [6.07, 6.45) is 3.72. The van der Waals surface area contributed by atoms with Crippen LogP contribution in [-0.4, -0.2) is 43.7 Å². The number of anilines is 1. The first-order valence-corrected chi connectivity index (χ1v) is 16.8. The second-order valence-corrected chi connectivity index (χ2v) is 12.4. The molecule has 0 saturated heterocycles. The summed E-state index contributed by atoms with van der Waals surface area (Å²) in [5.74, 6) is 2.66. The normalized spacial score (nSPS) is 11.7. The SMILES string of the molecule is C=C(NC(/C=C(\C)C(C)(C)C)=C(/CNC(=C)OC)OC)Nc1ccc(Oc2ccnc(-c3nc(C(=O)NC)cs3)c2)c2ccccc12.CC. The third-order valence-corrected chi connectivity index (χ3v) is 8.25. The first-order chi connectivity index (χ1) is 23.4. The van der Waals surface area contributed by atoms with Gasteiger partial charge in [0.25, 0.3) is 5.91 Å². The number of pyridine rings is 1. The number of carbonyl (C=O) groups excluding carboxylic acids is 1. The van der Waals surface area contributed by atoms with E-state index in [0.29, 0.717) is 51.9 Å². The first-order valence-electron chi connectivity index (χ1n) is 15.9. The highest BCUT2D eigenvalue weighted by Gasteiger charge is 2.17. The van der Waals surface area contributed by atoms with Gasteiger partial charge in [-0.1, -0.05) is 71.0 Å². The van der Waals surface area contributed by atoms with Crippen molar-refractivity contribution in [3.8, 4) is 22.2 Å². The minimum Gasteiger partial charge on any atom is -0.497 e. The molecular formula is C38H48N6O4S. The molecule has 49 heavy (non-hydrogen) atoms. The van der Waals surface area contributed by atoms with Gasteiger partial charge < -0.3 is 35.5 Å². The lowest BCUT2D eigenvalue weighted by Crippen LogP contribution is -2.25. The zero-order valence-corrected chi connectivity index (χ0v) is 30.7. The van der Waals surface area contributed by atoms with Gasteiger partial charge in [-0.2, -0.15) is 0 Å². The molecule has 0 atom stereocenters. The molecule has 0 bridgehead atoms. The van der Waals surface area contributed by atoms with Gasteiger partial charge in [-0.25, -0.2) is 4.98 Å². The van der Waals surface area contributed by atoms with Gasteiger partial charge in [-0.05, 0) is 43.2 Å². The number of rotatable bonds is 14. The number of fused-ring (bicyclic) bond motifs is 1. The van der Waals surface area contributed by atoms with Crippen LogP contribution in [0.1, 0.15) is 52.0 Å². The van der Waals surface area contributed by atoms with E-state index in [-0.39, 0.29) is 11.3 Å². The highest BCUT2D eigenvalue weighted by atomic mass is 32.1. The quantitative estimate of drug-likeness (QED) is 0.0765. The maximum atomic E-state index is 12.0. The monoisotopic (exact) mass is 684 g/mol. The van der Waals surface area contributed by atoms with Crippen LogP contribution in [0.5, 0.6) is 11.5 Å². The molecule has 1 amide bonds. The van der Waals surface area contributed by atoms with Crippen LogP contribution in [-0.2, 0) is 9.47 Å². The Morgan fingerprint density at radius 3 is 2.39 bits per heavy atom. The molecule has 2 aromatic heterocycles. The number of aromatic nitrogens is 2. The predicted octanol–water partition coefficient (Wildman–Crippen LogP) is 8.57. The third-order valence-electron chi connectivity index (χ3n) is 7.38. The minimum atomic E-state index is -0.244. The van der Waals surface area contributed by atoms with Gasteiger partial charge in [0.05, 0.1) is 26.5 Å². The molecule has 2 heterocycles. The maximum Gasteiger partial charge on any atom is 0.270 e. The lowest BCUT2D eigenvalue weighted by atomic mass is 9.87. The lowest BCUT2D eigenvalue weighted by molar-refractivity contribution is 0.0959. The number of ether oxygens (including phenoxy) is 3. The molecular weight excluding hydrogens is 637 g/mol. The Hall–Kier alpha value is -5.29. The summed E-state index contributed by atoms with van der Waals surface area (Å²) in [7, 11) is 4.76. The van der Waals surface area contributed by atoms with Crippen LogP contribution in [0.3, 0.4) is 0 Å². The number of nitrogens with one attached hydrogen (secondary N) is 4. The van der Waals surface area contributed by atoms with E-state index in [1.165, 1.54) is 11.3 Å². The molecule has 0 aliphatic rings. The van der Waals surface area contributed by atoms with Crippen molar-refractivity contribution >= 4 is 33.7 Å². The molecule has 2 aromatic carbocycles. The van der Waals surface area contributed by atoms with E-state index < -0.39 is 0 Å². The number of amides is 1. The van der Waals surface area contributed by atoms with E-state index in [4.69, 9.17) is 14.2 Å². The Labute approximate surface area is 294 Å². The zero-order valence-electron chi connectivity index (χ0n) is 29.9. The number of methoxy groups -OCH3 is 2. The summed E-state index contributed by atoms with van der Waals surface area (Å²) in [6.45, 7) is 21.0. The topological polar surface area (TPSA) is 119 Å². The number of hydrogen-bond donors (Lipinski definition) is 4. The number of carbonyl (C=O) groups is 1. The minimum absolute atomic E-state index is 0.0550. The van der Waals surface area contributed by atoms with Gasteiger partial charge in [0.1, 0.15) is 39.5 Å². The molecule has 0 spiro atoms. The van der Waals surface area contributed by atoms with E-state index in [1.807, 2.05) is 56.3 Å². The molecule has 4 N–H and O–H groups in total. The first kappa shape index (κ1) is 38.2. The van der Waals surface area contributed by atoms with E-state index in [2.05, 4.69) is 78.2 Å². The highest BCUT2D eigenvalue weighted by Crippen LogP contribution is 2.36. The summed E-state index contributed by atoms with van der Waals surface area (Å²) < 4.78 is 17.3. The summed E-state index contributed by atoms with van der Waals surface area (Å²) in [4.78, 5) is 20.8. The summed E-state index contributed by atoms with van der Waals surface area (Å²) >= 11 is 1.35. The predicted molar refractivity (Wildman–Crippen MR) is 201 cm³/mol. The fraction of sp³-hybridized carbons (Fsp3) is 0.289. The Bertz CT molecular complexity index is 1840. The second kappa shape index (κ2) is 17.7. The van der Waals surface area contributed by atoms with Crippen molar-refractivity contribution in [2.45, 2.75) is 41.5 Å². The molecule has 11 heteroatoms. The van der Waals surface area contributed by atoms with Crippen molar-refractivity contribution in [2.75, 3.05) is 33.1 Å². The third kappa shape index (κ3) is 10.3. The molecule has 0 aliphatic carbocycles. The number of allylic oxidation sites excluding steroid dienone is 2. The Morgan fingerprint density at radius 1 is 1.02 bits per heavy atom. The van der Waals surface area contributed by atoms with Crippen molar-refractivity contribution in [3.63, 3.8) is 0 Å². The van der Waals surface area contributed by atoms with Crippen molar-refractivity contribution in [1.29, 1.82) is 0 Å². The van der Waals surface area contributed by atoms with Crippen LogP contribution in [0.15, 0.2) is 108 Å². The summed E-state index contributed by atoms with van der Waals surface area (Å²) in [5, 5.41) is 16.7. The molecule has 260 valence electrons. The van der Waals surface area contributed by atoms with Crippen LogP contribution in [0.2, 0.25) is 0 Å². The largest absolute Gasteiger partial charge is 0.497 e. The van der Waals surface area contributed by atoms with E-state index >= 15 is 0 Å². The summed E-state index contributed by atoms with van der Waals surface area (Å²) in [5.41, 5.74) is 3.65. The van der Waals surface area contributed by atoms with Crippen LogP contribution in [0, 0.1) is 5.41 Å². The van der Waals surface area contributed by atoms with Crippen molar-refractivity contribution in [3.05, 3.63) is 114 Å². The van der Waals surface area contributed by atoms with E-state index in [0.717, 1.165) is 27.7 Å². The lowest BCUT2D eigenvalue weighted by Gasteiger charge is -2.23. The molecule has 0 unspecified atom stereocenters. The number of benzene rings is 2. The van der Waals surface area contributed by atoms with Gasteiger partial charge in [0.15, 0.2) is 5.88 Å². The van der Waals surface area contributed by atoms with Crippen LogP contribution in [0.4, 0.5) is 5.69 Å². The molecule has 4 aromatic rings. The van der Waals surface area contributed by atoms with Crippen molar-refractivity contribution in [1.82, 2.24) is 25.9 Å². The number of hydrogen-bond acceptors (Lipinski definition) is 10. The van der Waals surface area contributed by atoms with E-state index in [1.54, 1.807) is 38.9 Å². The second-order valence-electron chi connectivity index (χ2n) is 11.6. The molecule has 0 fully saturated rings. The molecule has 0 saturated carbocycles. The molecule has 0 aliphatic heterocycles. The standard InChI is InChI=1S/C36H42N6O4S.C2H6/c1-22(36(4,5)6)18-29(33(45-9)20-39-24(3)44-8)41-23(2)40-28-14-15-32(27-13-11-10-12-26(27)28)46-25-16-17-38-30(19-25)35-42-31(21-47-35)34(43)37-7;1-2/h10-19,21,39-41H,2-3,20H2,1,4-9H3,(H,37,43);1-2H3/b22-18+,33-29-;. The average Bonchev–Trinajstić information content (AvgIpc) is 3.60. The maximum absolute atomic E-state index is 12.0. The number of nitrogens with zero attached hydrogens (tertiary/aromatic N) is 2. The van der Waals surface area contributed by atoms with Gasteiger partial charge in [-0.15, -0.1) is 11.3 Å².